The molecule has 1 saturated heterocycles. The first-order chi connectivity index (χ1) is 8.16. The van der Waals surface area contributed by atoms with Gasteiger partial charge in [-0.25, -0.2) is 4.79 Å². The van der Waals surface area contributed by atoms with Crippen LogP contribution in [0.25, 0.3) is 0 Å². The van der Waals surface area contributed by atoms with Crippen LogP contribution < -0.4 is 10.1 Å². The first-order valence-corrected chi connectivity index (χ1v) is 6.38. The molecule has 0 radical (unpaired) electrons. The zero-order chi connectivity index (χ0) is 12.3. The number of aryl methyl sites for hydroxylation is 1. The molecule has 0 aromatic heterocycles. The maximum atomic E-state index is 11.3. The Kier molecular flexibility index (Phi) is 3.89. The summed E-state index contributed by atoms with van der Waals surface area (Å²) in [5.74, 6) is 0.815. The molecule has 92 valence electrons. The van der Waals surface area contributed by atoms with Crippen molar-refractivity contribution in [3.8, 4) is 5.75 Å². The van der Waals surface area contributed by atoms with Gasteiger partial charge in [0.25, 0.3) is 0 Å². The predicted octanol–water partition coefficient (Wildman–Crippen LogP) is 2.16. The number of urea groups is 1. The molecule has 0 bridgehead atoms. The van der Waals surface area contributed by atoms with Gasteiger partial charge in [0.2, 0.25) is 0 Å². The second kappa shape index (κ2) is 5.40. The van der Waals surface area contributed by atoms with Crippen LogP contribution in [-0.2, 0) is 0 Å². The van der Waals surface area contributed by atoms with Gasteiger partial charge in [0.15, 0.2) is 0 Å². The molecule has 0 atom stereocenters. The maximum absolute atomic E-state index is 11.3. The molecule has 1 aromatic carbocycles. The summed E-state index contributed by atoms with van der Waals surface area (Å²) in [4.78, 5) is 13.0. The van der Waals surface area contributed by atoms with Crippen molar-refractivity contribution in [3.05, 3.63) is 28.2 Å². The molecule has 0 saturated carbocycles. The number of nitrogens with zero attached hydrogens (tertiary/aromatic N) is 1. The van der Waals surface area contributed by atoms with E-state index in [9.17, 15) is 4.79 Å². The summed E-state index contributed by atoms with van der Waals surface area (Å²) in [7, 11) is 0. The summed E-state index contributed by atoms with van der Waals surface area (Å²) in [5, 5.41) is 2.76. The van der Waals surface area contributed by atoms with Crippen LogP contribution in [0.5, 0.6) is 5.75 Å². The molecule has 1 aliphatic heterocycles. The lowest BCUT2D eigenvalue weighted by Gasteiger charge is -2.15. The quantitative estimate of drug-likeness (QED) is 0.925. The van der Waals surface area contributed by atoms with Gasteiger partial charge in [0.1, 0.15) is 12.4 Å². The summed E-state index contributed by atoms with van der Waals surface area (Å²) in [6.45, 7) is 4.65. The Balaban J connectivity index is 1.83. The molecular formula is C12H15BrN2O2. The molecule has 1 aromatic rings. The smallest absolute Gasteiger partial charge is 0.317 e. The summed E-state index contributed by atoms with van der Waals surface area (Å²) in [5.41, 5.74) is 1.18. The minimum absolute atomic E-state index is 0.00317. The Morgan fingerprint density at radius 1 is 1.53 bits per heavy atom. The van der Waals surface area contributed by atoms with E-state index in [1.807, 2.05) is 25.1 Å². The van der Waals surface area contributed by atoms with E-state index in [4.69, 9.17) is 4.74 Å². The van der Waals surface area contributed by atoms with E-state index in [0.29, 0.717) is 13.2 Å². The van der Waals surface area contributed by atoms with Crippen LogP contribution in [0.3, 0.4) is 0 Å². The normalized spacial score (nSPS) is 14.9. The highest BCUT2D eigenvalue weighted by molar-refractivity contribution is 9.10. The van der Waals surface area contributed by atoms with Gasteiger partial charge in [0.05, 0.1) is 11.0 Å². The van der Waals surface area contributed by atoms with E-state index in [1.165, 1.54) is 5.56 Å². The van der Waals surface area contributed by atoms with E-state index in [2.05, 4.69) is 21.2 Å². The van der Waals surface area contributed by atoms with Crippen LogP contribution in [0.1, 0.15) is 5.56 Å². The van der Waals surface area contributed by atoms with E-state index in [0.717, 1.165) is 23.3 Å². The highest BCUT2D eigenvalue weighted by Crippen LogP contribution is 2.25. The lowest BCUT2D eigenvalue weighted by atomic mass is 10.2. The number of hydrogen-bond acceptors (Lipinski definition) is 2. The molecule has 2 rings (SSSR count). The Hall–Kier alpha value is -1.23. The third-order valence-corrected chi connectivity index (χ3v) is 3.27. The van der Waals surface area contributed by atoms with Crippen LogP contribution in [0.4, 0.5) is 4.79 Å². The van der Waals surface area contributed by atoms with Crippen molar-refractivity contribution in [2.24, 2.45) is 0 Å². The van der Waals surface area contributed by atoms with Gasteiger partial charge in [-0.15, -0.1) is 0 Å². The summed E-state index contributed by atoms with van der Waals surface area (Å²) >= 11 is 3.45. The molecule has 0 unspecified atom stereocenters. The Labute approximate surface area is 109 Å². The van der Waals surface area contributed by atoms with Crippen molar-refractivity contribution < 1.29 is 9.53 Å². The van der Waals surface area contributed by atoms with Gasteiger partial charge < -0.3 is 15.0 Å². The predicted molar refractivity (Wildman–Crippen MR) is 69.3 cm³/mol. The molecule has 4 nitrogen and oxygen atoms in total. The van der Waals surface area contributed by atoms with Crippen LogP contribution >= 0.6 is 15.9 Å². The maximum Gasteiger partial charge on any atom is 0.317 e. The van der Waals surface area contributed by atoms with E-state index >= 15 is 0 Å². The fraction of sp³-hybridized carbons (Fsp3) is 0.417. The van der Waals surface area contributed by atoms with Gasteiger partial charge in [-0.3, -0.25) is 0 Å². The molecule has 0 aliphatic carbocycles. The van der Waals surface area contributed by atoms with Gasteiger partial charge in [-0.1, -0.05) is 6.07 Å². The van der Waals surface area contributed by atoms with Crippen LogP contribution in [0, 0.1) is 6.92 Å². The topological polar surface area (TPSA) is 41.6 Å². The molecule has 17 heavy (non-hydrogen) atoms. The SMILES string of the molecule is Cc1ccc(OCCN2CCNC2=O)c(Br)c1. The number of benzene rings is 1. The third-order valence-electron chi connectivity index (χ3n) is 2.65. The lowest BCUT2D eigenvalue weighted by Crippen LogP contribution is -2.31. The molecule has 1 N–H and O–H groups in total. The van der Waals surface area contributed by atoms with Gasteiger partial charge in [0, 0.05) is 13.1 Å². The fourth-order valence-electron chi connectivity index (χ4n) is 1.71. The van der Waals surface area contributed by atoms with Crippen molar-refractivity contribution in [1.29, 1.82) is 0 Å². The number of halogens is 1. The number of carbonyl (C=O) groups excluding carboxylic acids is 1. The molecular weight excluding hydrogens is 284 g/mol. The van der Waals surface area contributed by atoms with E-state index < -0.39 is 0 Å². The average Bonchev–Trinajstić information content (AvgIpc) is 2.68. The Bertz CT molecular complexity index is 423. The minimum atomic E-state index is -0.00317. The van der Waals surface area contributed by atoms with Gasteiger partial charge >= 0.3 is 6.03 Å². The zero-order valence-corrected chi connectivity index (χ0v) is 11.3. The average molecular weight is 299 g/mol. The molecule has 5 heteroatoms. The largest absolute Gasteiger partial charge is 0.491 e. The Morgan fingerprint density at radius 2 is 2.35 bits per heavy atom. The summed E-state index contributed by atoms with van der Waals surface area (Å²) in [6, 6.07) is 5.95. The second-order valence-electron chi connectivity index (χ2n) is 4.00. The van der Waals surface area contributed by atoms with Crippen LogP contribution in [0.15, 0.2) is 22.7 Å². The summed E-state index contributed by atoms with van der Waals surface area (Å²) < 4.78 is 6.58. The van der Waals surface area contributed by atoms with Crippen LogP contribution in [-0.4, -0.2) is 37.2 Å². The Morgan fingerprint density at radius 3 is 3.00 bits per heavy atom. The van der Waals surface area contributed by atoms with Crippen molar-refractivity contribution in [2.45, 2.75) is 6.92 Å². The van der Waals surface area contributed by atoms with Crippen molar-refractivity contribution in [3.63, 3.8) is 0 Å². The molecule has 2 amide bonds. The highest BCUT2D eigenvalue weighted by Gasteiger charge is 2.18. The minimum Gasteiger partial charge on any atom is -0.491 e. The number of hydrogen-bond donors (Lipinski definition) is 1. The number of carbonyl (C=O) groups is 1. The monoisotopic (exact) mass is 298 g/mol. The van der Waals surface area contributed by atoms with Crippen molar-refractivity contribution in [2.75, 3.05) is 26.2 Å². The first kappa shape index (κ1) is 12.2. The number of amides is 2. The fourth-order valence-corrected chi connectivity index (χ4v) is 2.32. The molecule has 1 aliphatic rings. The highest BCUT2D eigenvalue weighted by atomic mass is 79.9. The molecule has 1 heterocycles. The zero-order valence-electron chi connectivity index (χ0n) is 9.70. The number of rotatable bonds is 4. The molecule has 0 spiro atoms. The number of nitrogens with one attached hydrogen (secondary N) is 1. The van der Waals surface area contributed by atoms with Gasteiger partial charge in [-0.05, 0) is 40.5 Å². The van der Waals surface area contributed by atoms with Gasteiger partial charge in [-0.2, -0.15) is 0 Å². The lowest BCUT2D eigenvalue weighted by molar-refractivity contribution is 0.202. The van der Waals surface area contributed by atoms with Crippen molar-refractivity contribution >= 4 is 22.0 Å². The van der Waals surface area contributed by atoms with E-state index in [-0.39, 0.29) is 6.03 Å². The third kappa shape index (κ3) is 3.12. The van der Waals surface area contributed by atoms with Crippen LogP contribution in [0.2, 0.25) is 0 Å². The van der Waals surface area contributed by atoms with Crippen molar-refractivity contribution in [1.82, 2.24) is 10.2 Å². The standard InChI is InChI=1S/C12H15BrN2O2/c1-9-2-3-11(10(13)8-9)17-7-6-15-5-4-14-12(15)16/h2-3,8H,4-7H2,1H3,(H,14,16). The summed E-state index contributed by atoms with van der Waals surface area (Å²) in [6.07, 6.45) is 0. The van der Waals surface area contributed by atoms with E-state index in [1.54, 1.807) is 4.90 Å². The first-order valence-electron chi connectivity index (χ1n) is 5.58. The number of ether oxygens (including phenoxy) is 1. The molecule has 1 fully saturated rings. The second-order valence-corrected chi connectivity index (χ2v) is 4.86.